The number of hydrogen-bond donors (Lipinski definition) is 0. The highest BCUT2D eigenvalue weighted by atomic mass is 35.5. The fraction of sp³-hybridized carbons (Fsp3) is 0.0455. The second-order valence-electron chi connectivity index (χ2n) is 5.96. The van der Waals surface area contributed by atoms with Crippen molar-refractivity contribution in [2.75, 3.05) is 0 Å². The summed E-state index contributed by atoms with van der Waals surface area (Å²) in [6, 6.07) is 26.9. The Balaban J connectivity index is 1.86. The average Bonchev–Trinajstić information content (AvgIpc) is 2.64. The van der Waals surface area contributed by atoms with Crippen LogP contribution >= 0.6 is 23.4 Å². The largest absolute Gasteiger partial charge is 0.240 e. The zero-order valence-corrected chi connectivity index (χ0v) is 15.3. The highest BCUT2D eigenvalue weighted by molar-refractivity contribution is 7.99. The van der Waals surface area contributed by atoms with Crippen molar-refractivity contribution in [3.8, 4) is 11.1 Å². The lowest BCUT2D eigenvalue weighted by atomic mass is 10.1. The molecule has 122 valence electrons. The Hall–Kier alpha value is -2.29. The summed E-state index contributed by atoms with van der Waals surface area (Å²) in [5.74, 6) is 0. The average molecular weight is 362 g/mol. The molecule has 0 saturated carbocycles. The molecule has 0 aliphatic rings. The SMILES string of the molecule is Cc1ccc(Sc2nc3ccccc3cc2-c2ccc(Cl)cc2)cc1. The van der Waals surface area contributed by atoms with Crippen LogP contribution in [-0.4, -0.2) is 4.98 Å². The van der Waals surface area contributed by atoms with Crippen LogP contribution in [-0.2, 0) is 0 Å². The molecule has 0 aliphatic carbocycles. The van der Waals surface area contributed by atoms with Gasteiger partial charge in [0.25, 0.3) is 0 Å². The van der Waals surface area contributed by atoms with Crippen LogP contribution in [0.4, 0.5) is 0 Å². The summed E-state index contributed by atoms with van der Waals surface area (Å²) in [4.78, 5) is 6.11. The smallest absolute Gasteiger partial charge is 0.109 e. The van der Waals surface area contributed by atoms with Gasteiger partial charge in [0.05, 0.1) is 5.52 Å². The van der Waals surface area contributed by atoms with Gasteiger partial charge in [0.1, 0.15) is 5.03 Å². The number of hydrogen-bond acceptors (Lipinski definition) is 2. The second kappa shape index (κ2) is 6.91. The van der Waals surface area contributed by atoms with Crippen LogP contribution in [0, 0.1) is 6.92 Å². The molecule has 4 aromatic rings. The van der Waals surface area contributed by atoms with Gasteiger partial charge in [-0.3, -0.25) is 0 Å². The minimum absolute atomic E-state index is 0.741. The molecule has 0 atom stereocenters. The standard InChI is InChI=1S/C22H16ClNS/c1-15-6-12-19(13-7-15)25-22-20(16-8-10-18(23)11-9-16)14-17-4-2-3-5-21(17)24-22/h2-14H,1H3. The van der Waals surface area contributed by atoms with Crippen LogP contribution < -0.4 is 0 Å². The molecule has 0 unspecified atom stereocenters. The summed E-state index contributed by atoms with van der Waals surface area (Å²) in [5, 5.41) is 2.89. The van der Waals surface area contributed by atoms with Crippen molar-refractivity contribution in [2.24, 2.45) is 0 Å². The number of aryl methyl sites for hydroxylation is 1. The zero-order chi connectivity index (χ0) is 17.2. The van der Waals surface area contributed by atoms with Gasteiger partial charge in [-0.25, -0.2) is 4.98 Å². The molecule has 25 heavy (non-hydrogen) atoms. The molecule has 0 fully saturated rings. The molecule has 0 saturated heterocycles. The molecule has 3 aromatic carbocycles. The Morgan fingerprint density at radius 2 is 1.56 bits per heavy atom. The lowest BCUT2D eigenvalue weighted by molar-refractivity contribution is 1.19. The van der Waals surface area contributed by atoms with Crippen molar-refractivity contribution in [1.29, 1.82) is 0 Å². The van der Waals surface area contributed by atoms with Crippen molar-refractivity contribution >= 4 is 34.3 Å². The minimum Gasteiger partial charge on any atom is -0.240 e. The lowest BCUT2D eigenvalue weighted by Gasteiger charge is -2.11. The number of rotatable bonds is 3. The quantitative estimate of drug-likeness (QED) is 0.389. The monoisotopic (exact) mass is 361 g/mol. The predicted octanol–water partition coefficient (Wildman–Crippen LogP) is 7.01. The highest BCUT2D eigenvalue weighted by Crippen LogP contribution is 2.37. The van der Waals surface area contributed by atoms with Gasteiger partial charge in [-0.1, -0.05) is 71.4 Å². The van der Waals surface area contributed by atoms with Crippen molar-refractivity contribution in [3.05, 3.63) is 89.4 Å². The molecule has 1 heterocycles. The number of pyridine rings is 1. The van der Waals surface area contributed by atoms with Gasteiger partial charge >= 0.3 is 0 Å². The van der Waals surface area contributed by atoms with Crippen molar-refractivity contribution < 1.29 is 0 Å². The molecule has 0 amide bonds. The van der Waals surface area contributed by atoms with E-state index in [1.807, 2.05) is 36.4 Å². The van der Waals surface area contributed by atoms with E-state index in [1.54, 1.807) is 11.8 Å². The van der Waals surface area contributed by atoms with E-state index in [2.05, 4.69) is 49.4 Å². The van der Waals surface area contributed by atoms with Crippen LogP contribution in [0.5, 0.6) is 0 Å². The van der Waals surface area contributed by atoms with Crippen LogP contribution in [0.2, 0.25) is 5.02 Å². The van der Waals surface area contributed by atoms with Gasteiger partial charge in [-0.2, -0.15) is 0 Å². The Morgan fingerprint density at radius 3 is 2.32 bits per heavy atom. The summed E-state index contributed by atoms with van der Waals surface area (Å²) in [6.07, 6.45) is 0. The van der Waals surface area contributed by atoms with Crippen LogP contribution in [0.25, 0.3) is 22.0 Å². The number of para-hydroxylation sites is 1. The van der Waals surface area contributed by atoms with E-state index in [-0.39, 0.29) is 0 Å². The Kier molecular flexibility index (Phi) is 4.48. The number of fused-ring (bicyclic) bond motifs is 1. The molecule has 4 rings (SSSR count). The second-order valence-corrected chi connectivity index (χ2v) is 7.45. The Labute approximate surface area is 156 Å². The zero-order valence-electron chi connectivity index (χ0n) is 13.7. The first-order valence-electron chi connectivity index (χ1n) is 8.09. The van der Waals surface area contributed by atoms with Gasteiger partial charge < -0.3 is 0 Å². The lowest BCUT2D eigenvalue weighted by Crippen LogP contribution is -1.89. The number of nitrogens with zero attached hydrogens (tertiary/aromatic N) is 1. The first kappa shape index (κ1) is 16.2. The van der Waals surface area contributed by atoms with E-state index >= 15 is 0 Å². The van der Waals surface area contributed by atoms with E-state index in [0.717, 1.165) is 32.1 Å². The van der Waals surface area contributed by atoms with Gasteiger partial charge in [0, 0.05) is 20.9 Å². The Morgan fingerprint density at radius 1 is 0.840 bits per heavy atom. The van der Waals surface area contributed by atoms with E-state index in [0.29, 0.717) is 0 Å². The molecule has 0 radical (unpaired) electrons. The first-order valence-corrected chi connectivity index (χ1v) is 9.29. The molecule has 0 N–H and O–H groups in total. The van der Waals surface area contributed by atoms with Crippen molar-refractivity contribution in [2.45, 2.75) is 16.8 Å². The van der Waals surface area contributed by atoms with Gasteiger partial charge in [-0.15, -0.1) is 0 Å². The van der Waals surface area contributed by atoms with Gasteiger partial charge in [-0.05, 0) is 48.9 Å². The molecule has 1 nitrogen and oxygen atoms in total. The molecule has 0 spiro atoms. The maximum Gasteiger partial charge on any atom is 0.109 e. The van der Waals surface area contributed by atoms with Gasteiger partial charge in [0.15, 0.2) is 0 Å². The third kappa shape index (κ3) is 3.55. The highest BCUT2D eigenvalue weighted by Gasteiger charge is 2.11. The summed E-state index contributed by atoms with van der Waals surface area (Å²) in [5.41, 5.74) is 4.52. The minimum atomic E-state index is 0.741. The third-order valence-electron chi connectivity index (χ3n) is 4.08. The maximum absolute atomic E-state index is 6.06. The van der Waals surface area contributed by atoms with Crippen LogP contribution in [0.3, 0.4) is 0 Å². The number of halogens is 1. The fourth-order valence-corrected chi connectivity index (χ4v) is 3.78. The predicted molar refractivity (Wildman–Crippen MR) is 107 cm³/mol. The van der Waals surface area contributed by atoms with Crippen LogP contribution in [0.15, 0.2) is 88.8 Å². The van der Waals surface area contributed by atoms with E-state index < -0.39 is 0 Å². The molecular weight excluding hydrogens is 346 g/mol. The maximum atomic E-state index is 6.06. The van der Waals surface area contributed by atoms with Crippen molar-refractivity contribution in [1.82, 2.24) is 4.98 Å². The first-order chi connectivity index (χ1) is 12.2. The Bertz CT molecular complexity index is 1020. The molecule has 0 bridgehead atoms. The van der Waals surface area contributed by atoms with Crippen molar-refractivity contribution in [3.63, 3.8) is 0 Å². The molecular formula is C22H16ClNS. The van der Waals surface area contributed by atoms with Crippen LogP contribution in [0.1, 0.15) is 5.56 Å². The van der Waals surface area contributed by atoms with Gasteiger partial charge in [0.2, 0.25) is 0 Å². The van der Waals surface area contributed by atoms with E-state index in [4.69, 9.17) is 16.6 Å². The summed E-state index contributed by atoms with van der Waals surface area (Å²) in [7, 11) is 0. The fourth-order valence-electron chi connectivity index (χ4n) is 2.73. The summed E-state index contributed by atoms with van der Waals surface area (Å²) in [6.45, 7) is 2.10. The third-order valence-corrected chi connectivity index (χ3v) is 5.34. The number of benzene rings is 3. The topological polar surface area (TPSA) is 12.9 Å². The number of aromatic nitrogens is 1. The normalized spacial score (nSPS) is 11.0. The summed E-state index contributed by atoms with van der Waals surface area (Å²) >= 11 is 7.75. The molecule has 3 heteroatoms. The molecule has 1 aromatic heterocycles. The summed E-state index contributed by atoms with van der Waals surface area (Å²) < 4.78 is 0. The van der Waals surface area contributed by atoms with E-state index in [1.165, 1.54) is 10.5 Å². The molecule has 0 aliphatic heterocycles. The van der Waals surface area contributed by atoms with E-state index in [9.17, 15) is 0 Å².